The van der Waals surface area contributed by atoms with Crippen molar-refractivity contribution in [3.05, 3.63) is 243 Å². The van der Waals surface area contributed by atoms with Crippen molar-refractivity contribution in [2.24, 2.45) is 0 Å². The molecule has 0 radical (unpaired) electrons. The lowest BCUT2D eigenvalue weighted by Crippen LogP contribution is -2.12. The second-order valence-corrected chi connectivity index (χ2v) is 15.3. The summed E-state index contributed by atoms with van der Waals surface area (Å²) in [6.07, 6.45) is 0. The Labute approximate surface area is 350 Å². The average molecular weight is 765 g/mol. The van der Waals surface area contributed by atoms with Gasteiger partial charge in [0.1, 0.15) is 0 Å². The van der Waals surface area contributed by atoms with Crippen molar-refractivity contribution in [2.75, 3.05) is 4.90 Å². The Balaban J connectivity index is 1.20. The number of fused-ring (bicyclic) bond motifs is 4. The van der Waals surface area contributed by atoms with Gasteiger partial charge in [-0.05, 0) is 92.7 Å². The van der Waals surface area contributed by atoms with Crippen molar-refractivity contribution >= 4 is 49.6 Å². The number of nitrogens with zero attached hydrogens (tertiary/aromatic N) is 2. The number of hydrogen-bond acceptors (Lipinski definition) is 1. The molecule has 0 aliphatic rings. The van der Waals surface area contributed by atoms with Crippen molar-refractivity contribution < 1.29 is 0 Å². The Morgan fingerprint density at radius 2 is 0.767 bits per heavy atom. The van der Waals surface area contributed by atoms with Crippen LogP contribution in [0.2, 0.25) is 0 Å². The Bertz CT molecular complexity index is 3280. The lowest BCUT2D eigenvalue weighted by Gasteiger charge is -2.29. The van der Waals surface area contributed by atoms with E-state index in [1.165, 1.54) is 54.9 Å². The molecule has 0 fully saturated rings. The maximum atomic E-state index is 2.48. The molecule has 11 aromatic rings. The molecule has 0 aliphatic carbocycles. The molecule has 0 bridgehead atoms. The van der Waals surface area contributed by atoms with Gasteiger partial charge in [0, 0.05) is 33.3 Å². The summed E-state index contributed by atoms with van der Waals surface area (Å²) < 4.78 is 2.48. The number of rotatable bonds is 8. The Morgan fingerprint density at radius 1 is 0.283 bits per heavy atom. The van der Waals surface area contributed by atoms with E-state index in [-0.39, 0.29) is 0 Å². The first-order valence-corrected chi connectivity index (χ1v) is 20.6. The molecule has 0 spiro atoms. The van der Waals surface area contributed by atoms with Crippen LogP contribution in [0.5, 0.6) is 0 Å². The van der Waals surface area contributed by atoms with Gasteiger partial charge in [0.2, 0.25) is 0 Å². The smallest absolute Gasteiger partial charge is 0.0562 e. The fraction of sp³-hybridized carbons (Fsp3) is 0. The molecule has 0 N–H and O–H groups in total. The SMILES string of the molecule is c1ccc(-c2ccc(N(c3ccc4c5ccccc5n(-c5cc6ccccc6cc5-c5ccccc5)c4c3)c3cc(-c4ccccc4)ccc3-c3ccccc3)cc2)cc1. The predicted octanol–water partition coefficient (Wildman–Crippen LogP) is 16.1. The van der Waals surface area contributed by atoms with E-state index in [2.05, 4.69) is 252 Å². The molecule has 0 unspecified atom stereocenters. The highest BCUT2D eigenvalue weighted by atomic mass is 15.1. The zero-order valence-electron chi connectivity index (χ0n) is 33.0. The third-order valence-corrected chi connectivity index (χ3v) is 11.8. The zero-order chi connectivity index (χ0) is 39.8. The van der Waals surface area contributed by atoms with Crippen molar-refractivity contribution in [2.45, 2.75) is 0 Å². The standard InChI is InChI=1S/C58H40N2/c1-5-17-41(18-6-1)43-29-32-49(33-30-43)59(56-39-48(42-19-7-2-8-20-42)31-35-51(56)44-21-9-3-10-22-44)50-34-36-53-52-27-15-16-28-55(52)60(58(53)40-50)57-38-47-26-14-13-25-46(47)37-54(57)45-23-11-4-12-24-45/h1-40H. The quantitative estimate of drug-likeness (QED) is 0.150. The molecular formula is C58H40N2. The predicted molar refractivity (Wildman–Crippen MR) is 255 cm³/mol. The molecule has 0 saturated heterocycles. The summed E-state index contributed by atoms with van der Waals surface area (Å²) in [4.78, 5) is 2.45. The van der Waals surface area contributed by atoms with Crippen LogP contribution in [0, 0.1) is 0 Å². The molecule has 1 heterocycles. The van der Waals surface area contributed by atoms with Crippen LogP contribution in [0.1, 0.15) is 0 Å². The summed E-state index contributed by atoms with van der Waals surface area (Å²) in [6, 6.07) is 88.1. The zero-order valence-corrected chi connectivity index (χ0v) is 33.0. The highest BCUT2D eigenvalue weighted by Crippen LogP contribution is 2.46. The minimum absolute atomic E-state index is 1.07. The maximum Gasteiger partial charge on any atom is 0.0562 e. The first kappa shape index (κ1) is 35.2. The van der Waals surface area contributed by atoms with Gasteiger partial charge in [0.05, 0.1) is 22.4 Å². The van der Waals surface area contributed by atoms with Gasteiger partial charge in [0.25, 0.3) is 0 Å². The van der Waals surface area contributed by atoms with Gasteiger partial charge in [-0.25, -0.2) is 0 Å². The fourth-order valence-electron chi connectivity index (χ4n) is 8.87. The number of aromatic nitrogens is 1. The van der Waals surface area contributed by atoms with Crippen LogP contribution in [0.15, 0.2) is 243 Å². The third kappa shape index (κ3) is 6.32. The normalized spacial score (nSPS) is 11.3. The highest BCUT2D eigenvalue weighted by molar-refractivity contribution is 6.11. The first-order valence-electron chi connectivity index (χ1n) is 20.6. The first-order chi connectivity index (χ1) is 29.8. The number of anilines is 3. The van der Waals surface area contributed by atoms with Crippen molar-refractivity contribution in [3.63, 3.8) is 0 Å². The Kier molecular flexibility index (Phi) is 8.87. The monoisotopic (exact) mass is 764 g/mol. The second kappa shape index (κ2) is 15.1. The molecule has 2 heteroatoms. The average Bonchev–Trinajstić information content (AvgIpc) is 3.66. The van der Waals surface area contributed by atoms with E-state index in [1.54, 1.807) is 0 Å². The van der Waals surface area contributed by atoms with E-state index in [1.807, 2.05) is 0 Å². The van der Waals surface area contributed by atoms with Gasteiger partial charge in [-0.3, -0.25) is 0 Å². The molecule has 2 nitrogen and oxygen atoms in total. The molecule has 282 valence electrons. The van der Waals surface area contributed by atoms with E-state index < -0.39 is 0 Å². The van der Waals surface area contributed by atoms with Gasteiger partial charge in [0.15, 0.2) is 0 Å². The van der Waals surface area contributed by atoms with E-state index in [0.717, 1.165) is 45.0 Å². The van der Waals surface area contributed by atoms with Crippen LogP contribution in [0.25, 0.3) is 82.8 Å². The Hall–Kier alpha value is -7.94. The minimum atomic E-state index is 1.07. The van der Waals surface area contributed by atoms with Gasteiger partial charge in [-0.15, -0.1) is 0 Å². The van der Waals surface area contributed by atoms with Crippen LogP contribution < -0.4 is 4.90 Å². The summed E-state index contributed by atoms with van der Waals surface area (Å²) in [7, 11) is 0. The van der Waals surface area contributed by atoms with Crippen LogP contribution in [-0.2, 0) is 0 Å². The molecule has 10 aromatic carbocycles. The second-order valence-electron chi connectivity index (χ2n) is 15.3. The summed E-state index contributed by atoms with van der Waals surface area (Å²) in [5, 5.41) is 4.86. The maximum absolute atomic E-state index is 2.48. The minimum Gasteiger partial charge on any atom is -0.310 e. The van der Waals surface area contributed by atoms with Crippen LogP contribution >= 0.6 is 0 Å². The Morgan fingerprint density at radius 3 is 1.43 bits per heavy atom. The van der Waals surface area contributed by atoms with Crippen molar-refractivity contribution in [1.29, 1.82) is 0 Å². The molecule has 0 saturated carbocycles. The molecule has 1 aromatic heterocycles. The van der Waals surface area contributed by atoms with E-state index in [4.69, 9.17) is 0 Å². The van der Waals surface area contributed by atoms with Crippen molar-refractivity contribution in [3.8, 4) is 50.2 Å². The van der Waals surface area contributed by atoms with E-state index in [0.29, 0.717) is 0 Å². The van der Waals surface area contributed by atoms with E-state index in [9.17, 15) is 0 Å². The molecule has 0 amide bonds. The molecule has 0 aliphatic heterocycles. The number of para-hydroxylation sites is 1. The molecule has 11 rings (SSSR count). The lowest BCUT2D eigenvalue weighted by molar-refractivity contribution is 1.18. The summed E-state index contributed by atoms with van der Waals surface area (Å²) in [6.45, 7) is 0. The van der Waals surface area contributed by atoms with Crippen LogP contribution in [0.4, 0.5) is 17.1 Å². The topological polar surface area (TPSA) is 8.17 Å². The van der Waals surface area contributed by atoms with Crippen LogP contribution in [0.3, 0.4) is 0 Å². The highest BCUT2D eigenvalue weighted by Gasteiger charge is 2.22. The lowest BCUT2D eigenvalue weighted by atomic mass is 9.96. The largest absolute Gasteiger partial charge is 0.310 e. The van der Waals surface area contributed by atoms with Crippen LogP contribution in [-0.4, -0.2) is 4.57 Å². The van der Waals surface area contributed by atoms with Crippen molar-refractivity contribution in [1.82, 2.24) is 4.57 Å². The summed E-state index contributed by atoms with van der Waals surface area (Å²) in [5.74, 6) is 0. The number of benzene rings is 10. The van der Waals surface area contributed by atoms with Gasteiger partial charge < -0.3 is 9.47 Å². The van der Waals surface area contributed by atoms with E-state index >= 15 is 0 Å². The van der Waals surface area contributed by atoms with Gasteiger partial charge in [-0.2, -0.15) is 0 Å². The summed E-state index contributed by atoms with van der Waals surface area (Å²) in [5.41, 5.74) is 16.1. The van der Waals surface area contributed by atoms with Gasteiger partial charge in [-0.1, -0.05) is 194 Å². The fourth-order valence-corrected chi connectivity index (χ4v) is 8.87. The van der Waals surface area contributed by atoms with Gasteiger partial charge >= 0.3 is 0 Å². The molecular weight excluding hydrogens is 725 g/mol. The summed E-state index contributed by atoms with van der Waals surface area (Å²) >= 11 is 0. The molecule has 60 heavy (non-hydrogen) atoms. The number of hydrogen-bond donors (Lipinski definition) is 0. The third-order valence-electron chi connectivity index (χ3n) is 11.8. The molecule has 0 atom stereocenters.